The van der Waals surface area contributed by atoms with Gasteiger partial charge in [0.2, 0.25) is 0 Å². The van der Waals surface area contributed by atoms with E-state index in [9.17, 15) is 9.59 Å². The van der Waals surface area contributed by atoms with Crippen LogP contribution >= 0.6 is 0 Å². The normalized spacial score (nSPS) is 17.0. The Hall–Kier alpha value is -1.62. The highest BCUT2D eigenvalue weighted by atomic mass is 16.2. The van der Waals surface area contributed by atoms with Gasteiger partial charge < -0.3 is 15.6 Å². The molecule has 0 aliphatic carbocycles. The van der Waals surface area contributed by atoms with Crippen molar-refractivity contribution in [2.24, 2.45) is 0 Å². The molecule has 1 aromatic rings. The van der Waals surface area contributed by atoms with E-state index in [4.69, 9.17) is 0 Å². The molecule has 1 fully saturated rings. The second-order valence-corrected chi connectivity index (χ2v) is 3.91. The monoisotopic (exact) mass is 221 g/mol. The summed E-state index contributed by atoms with van der Waals surface area (Å²) in [5.74, 6) is -0.284. The van der Waals surface area contributed by atoms with Crippen molar-refractivity contribution >= 4 is 5.91 Å². The van der Waals surface area contributed by atoms with Crippen LogP contribution in [0.4, 0.5) is 0 Å². The number of amides is 1. The Labute approximate surface area is 93.3 Å². The van der Waals surface area contributed by atoms with E-state index in [0.717, 1.165) is 25.9 Å². The molecule has 5 heteroatoms. The number of rotatable bonds is 2. The molecule has 0 unspecified atom stereocenters. The van der Waals surface area contributed by atoms with Crippen LogP contribution in [0, 0.1) is 0 Å². The first-order chi connectivity index (χ1) is 7.77. The Morgan fingerprint density at radius 2 is 2.12 bits per heavy atom. The number of nitrogens with one attached hydrogen (secondary N) is 3. The van der Waals surface area contributed by atoms with Gasteiger partial charge in [0.25, 0.3) is 11.5 Å². The van der Waals surface area contributed by atoms with Crippen LogP contribution in [0.3, 0.4) is 0 Å². The van der Waals surface area contributed by atoms with Gasteiger partial charge in [-0.25, -0.2) is 0 Å². The maximum Gasteiger partial charge on any atom is 0.260 e. The zero-order valence-electron chi connectivity index (χ0n) is 8.95. The highest BCUT2D eigenvalue weighted by molar-refractivity contribution is 5.93. The number of aromatic amines is 1. The maximum absolute atomic E-state index is 11.8. The summed E-state index contributed by atoms with van der Waals surface area (Å²) in [4.78, 5) is 25.6. The second-order valence-electron chi connectivity index (χ2n) is 3.91. The maximum atomic E-state index is 11.8. The molecule has 1 amide bonds. The summed E-state index contributed by atoms with van der Waals surface area (Å²) in [5.41, 5.74) is -0.157. The zero-order valence-corrected chi connectivity index (χ0v) is 8.95. The highest BCUT2D eigenvalue weighted by Gasteiger charge is 2.17. The van der Waals surface area contributed by atoms with Crippen molar-refractivity contribution < 1.29 is 4.79 Å². The van der Waals surface area contributed by atoms with Crippen LogP contribution in [0.25, 0.3) is 0 Å². The summed E-state index contributed by atoms with van der Waals surface area (Å²) < 4.78 is 0. The number of hydrogen-bond acceptors (Lipinski definition) is 3. The van der Waals surface area contributed by atoms with Crippen LogP contribution in [0.1, 0.15) is 23.2 Å². The lowest BCUT2D eigenvalue weighted by Gasteiger charge is -2.23. The Kier molecular flexibility index (Phi) is 3.36. The summed E-state index contributed by atoms with van der Waals surface area (Å²) in [6.45, 7) is 1.83. The summed E-state index contributed by atoms with van der Waals surface area (Å²) in [6.07, 6.45) is 3.34. The van der Waals surface area contributed by atoms with Crippen LogP contribution < -0.4 is 16.2 Å². The Morgan fingerprint density at radius 1 is 1.38 bits per heavy atom. The summed E-state index contributed by atoms with van der Waals surface area (Å²) >= 11 is 0. The van der Waals surface area contributed by atoms with Crippen LogP contribution in [-0.4, -0.2) is 30.0 Å². The zero-order chi connectivity index (χ0) is 11.4. The summed E-state index contributed by atoms with van der Waals surface area (Å²) in [7, 11) is 0. The molecule has 1 aromatic heterocycles. The highest BCUT2D eigenvalue weighted by Crippen LogP contribution is 2.02. The van der Waals surface area contributed by atoms with Crippen LogP contribution in [-0.2, 0) is 0 Å². The third-order valence-corrected chi connectivity index (χ3v) is 2.74. The average Bonchev–Trinajstić information content (AvgIpc) is 2.31. The fourth-order valence-electron chi connectivity index (χ4n) is 1.83. The van der Waals surface area contributed by atoms with Crippen molar-refractivity contribution in [1.29, 1.82) is 0 Å². The Balaban J connectivity index is 2.02. The van der Waals surface area contributed by atoms with E-state index in [1.54, 1.807) is 6.07 Å². The minimum atomic E-state index is -0.339. The molecule has 0 saturated carbocycles. The van der Waals surface area contributed by atoms with Gasteiger partial charge in [0.15, 0.2) is 0 Å². The number of piperidine rings is 1. The third-order valence-electron chi connectivity index (χ3n) is 2.74. The molecule has 0 bridgehead atoms. The topological polar surface area (TPSA) is 74.0 Å². The smallest absolute Gasteiger partial charge is 0.260 e. The molecular weight excluding hydrogens is 206 g/mol. The van der Waals surface area contributed by atoms with Gasteiger partial charge in [-0.2, -0.15) is 0 Å². The van der Waals surface area contributed by atoms with Crippen molar-refractivity contribution in [3.63, 3.8) is 0 Å². The first-order valence-electron chi connectivity index (χ1n) is 5.46. The van der Waals surface area contributed by atoms with E-state index >= 15 is 0 Å². The van der Waals surface area contributed by atoms with Gasteiger partial charge in [-0.15, -0.1) is 0 Å². The Morgan fingerprint density at radius 3 is 2.81 bits per heavy atom. The number of carbonyl (C=O) groups is 1. The van der Waals surface area contributed by atoms with Gasteiger partial charge in [0, 0.05) is 12.2 Å². The minimum absolute atomic E-state index is 0.174. The van der Waals surface area contributed by atoms with Gasteiger partial charge in [-0.1, -0.05) is 0 Å². The standard InChI is InChI=1S/C11H15N3O2/c15-10-9(2-1-5-13-10)11(16)14-8-3-6-12-7-4-8/h1-2,5,8,12H,3-4,6-7H2,(H,13,15)(H,14,16). The predicted octanol–water partition coefficient (Wildman–Crippen LogP) is -0.143. The predicted molar refractivity (Wildman–Crippen MR) is 60.4 cm³/mol. The minimum Gasteiger partial charge on any atom is -0.349 e. The molecule has 16 heavy (non-hydrogen) atoms. The number of hydrogen-bond donors (Lipinski definition) is 3. The summed E-state index contributed by atoms with van der Waals surface area (Å²) in [5, 5.41) is 6.10. The van der Waals surface area contributed by atoms with E-state index < -0.39 is 0 Å². The molecule has 2 heterocycles. The summed E-state index contributed by atoms with van der Waals surface area (Å²) in [6, 6.07) is 3.36. The van der Waals surface area contributed by atoms with Gasteiger partial charge >= 0.3 is 0 Å². The Bertz CT molecular complexity index is 421. The molecular formula is C11H15N3O2. The first-order valence-corrected chi connectivity index (χ1v) is 5.46. The third kappa shape index (κ3) is 2.49. The van der Waals surface area contributed by atoms with E-state index in [2.05, 4.69) is 15.6 Å². The van der Waals surface area contributed by atoms with Crippen LogP contribution in [0.5, 0.6) is 0 Å². The quantitative estimate of drug-likeness (QED) is 0.650. The molecule has 0 aromatic carbocycles. The van der Waals surface area contributed by atoms with Crippen molar-refractivity contribution in [2.75, 3.05) is 13.1 Å². The van der Waals surface area contributed by atoms with Crippen molar-refractivity contribution in [3.05, 3.63) is 34.2 Å². The molecule has 2 rings (SSSR count). The molecule has 86 valence electrons. The van der Waals surface area contributed by atoms with Gasteiger partial charge in [-0.05, 0) is 38.1 Å². The van der Waals surface area contributed by atoms with Crippen LogP contribution in [0.15, 0.2) is 23.1 Å². The molecule has 0 radical (unpaired) electrons. The number of H-pyrrole nitrogens is 1. The van der Waals surface area contributed by atoms with E-state index in [1.807, 2.05) is 0 Å². The van der Waals surface area contributed by atoms with Crippen LogP contribution in [0.2, 0.25) is 0 Å². The van der Waals surface area contributed by atoms with Crippen molar-refractivity contribution in [2.45, 2.75) is 18.9 Å². The van der Waals surface area contributed by atoms with Crippen molar-refractivity contribution in [1.82, 2.24) is 15.6 Å². The molecule has 1 saturated heterocycles. The fourth-order valence-corrected chi connectivity index (χ4v) is 1.83. The van der Waals surface area contributed by atoms with Gasteiger partial charge in [0.05, 0.1) is 0 Å². The molecule has 1 aliphatic heterocycles. The van der Waals surface area contributed by atoms with E-state index in [-0.39, 0.29) is 23.1 Å². The fraction of sp³-hybridized carbons (Fsp3) is 0.455. The lowest BCUT2D eigenvalue weighted by atomic mass is 10.1. The molecule has 5 nitrogen and oxygen atoms in total. The van der Waals surface area contributed by atoms with Crippen molar-refractivity contribution in [3.8, 4) is 0 Å². The lowest BCUT2D eigenvalue weighted by molar-refractivity contribution is 0.0928. The molecule has 0 atom stereocenters. The lowest BCUT2D eigenvalue weighted by Crippen LogP contribution is -2.43. The van der Waals surface area contributed by atoms with E-state index in [1.165, 1.54) is 12.3 Å². The average molecular weight is 221 g/mol. The molecule has 0 spiro atoms. The largest absolute Gasteiger partial charge is 0.349 e. The van der Waals surface area contributed by atoms with E-state index in [0.29, 0.717) is 0 Å². The second kappa shape index (κ2) is 4.94. The number of carbonyl (C=O) groups excluding carboxylic acids is 1. The molecule has 1 aliphatic rings. The SMILES string of the molecule is O=C(NC1CCNCC1)c1ccc[nH]c1=O. The first kappa shape index (κ1) is 10.9. The number of pyridine rings is 1. The number of aromatic nitrogens is 1. The van der Waals surface area contributed by atoms with Gasteiger partial charge in [-0.3, -0.25) is 9.59 Å². The molecule has 3 N–H and O–H groups in total. The van der Waals surface area contributed by atoms with Gasteiger partial charge in [0.1, 0.15) is 5.56 Å².